The van der Waals surface area contributed by atoms with Crippen LogP contribution >= 0.6 is 11.6 Å². The van der Waals surface area contributed by atoms with Crippen molar-refractivity contribution in [3.8, 4) is 5.75 Å². The van der Waals surface area contributed by atoms with Gasteiger partial charge in [0.05, 0.1) is 19.2 Å². The Labute approximate surface area is 175 Å². The van der Waals surface area contributed by atoms with E-state index in [-0.39, 0.29) is 17.2 Å². The zero-order chi connectivity index (χ0) is 20.3. The minimum Gasteiger partial charge on any atom is -0.496 e. The van der Waals surface area contributed by atoms with Gasteiger partial charge in [-0.3, -0.25) is 4.79 Å². The van der Waals surface area contributed by atoms with E-state index in [1.807, 2.05) is 36.4 Å². The number of ether oxygens (including phenoxy) is 1. The molecule has 4 nitrogen and oxygen atoms in total. The number of hydrazone groups is 1. The van der Waals surface area contributed by atoms with Gasteiger partial charge in [-0.2, -0.15) is 5.10 Å². The van der Waals surface area contributed by atoms with Gasteiger partial charge in [0.25, 0.3) is 0 Å². The van der Waals surface area contributed by atoms with Crippen LogP contribution in [0.4, 0.5) is 0 Å². The van der Waals surface area contributed by atoms with Gasteiger partial charge in [-0.25, -0.2) is 5.43 Å². The molecule has 1 amide bonds. The largest absolute Gasteiger partial charge is 0.496 e. The van der Waals surface area contributed by atoms with E-state index in [4.69, 9.17) is 16.3 Å². The zero-order valence-electron chi connectivity index (χ0n) is 16.0. The van der Waals surface area contributed by atoms with Gasteiger partial charge in [0.2, 0.25) is 5.91 Å². The van der Waals surface area contributed by atoms with Crippen LogP contribution in [0.15, 0.2) is 84.0 Å². The van der Waals surface area contributed by atoms with E-state index in [1.165, 1.54) is 0 Å². The highest BCUT2D eigenvalue weighted by Gasteiger charge is 2.60. The zero-order valence-corrected chi connectivity index (χ0v) is 16.8. The maximum absolute atomic E-state index is 12.9. The van der Waals surface area contributed by atoms with Crippen molar-refractivity contribution in [1.29, 1.82) is 0 Å². The van der Waals surface area contributed by atoms with Crippen LogP contribution in [0.2, 0.25) is 5.02 Å². The van der Waals surface area contributed by atoms with Gasteiger partial charge in [0.1, 0.15) is 5.75 Å². The first-order valence-corrected chi connectivity index (χ1v) is 9.80. The molecule has 0 radical (unpaired) electrons. The summed E-state index contributed by atoms with van der Waals surface area (Å²) in [5, 5.41) is 4.72. The molecule has 1 atom stereocenters. The van der Waals surface area contributed by atoms with Crippen molar-refractivity contribution in [2.45, 2.75) is 11.8 Å². The van der Waals surface area contributed by atoms with E-state index in [0.29, 0.717) is 16.3 Å². The first-order valence-electron chi connectivity index (χ1n) is 9.42. The van der Waals surface area contributed by atoms with E-state index >= 15 is 0 Å². The summed E-state index contributed by atoms with van der Waals surface area (Å²) in [5.74, 6) is 0.363. The molecule has 3 aromatic rings. The molecule has 146 valence electrons. The number of nitrogens with one attached hydrogen (secondary N) is 1. The van der Waals surface area contributed by atoms with Crippen molar-refractivity contribution >= 4 is 23.7 Å². The van der Waals surface area contributed by atoms with Gasteiger partial charge in [-0.15, -0.1) is 0 Å². The van der Waals surface area contributed by atoms with E-state index in [2.05, 4.69) is 34.8 Å². The number of amides is 1. The van der Waals surface area contributed by atoms with Gasteiger partial charge < -0.3 is 4.74 Å². The molecule has 0 bridgehead atoms. The Morgan fingerprint density at radius 1 is 1.07 bits per heavy atom. The van der Waals surface area contributed by atoms with Crippen LogP contribution in [0, 0.1) is 5.92 Å². The third kappa shape index (κ3) is 3.76. The van der Waals surface area contributed by atoms with Crippen molar-refractivity contribution in [3.05, 3.63) is 101 Å². The molecule has 5 heteroatoms. The minimum absolute atomic E-state index is 0.102. The molecule has 1 fully saturated rings. The van der Waals surface area contributed by atoms with E-state index in [0.717, 1.165) is 17.5 Å². The molecular weight excluding hydrogens is 384 g/mol. The predicted octanol–water partition coefficient (Wildman–Crippen LogP) is 4.80. The highest BCUT2D eigenvalue weighted by atomic mass is 35.5. The quantitative estimate of drug-likeness (QED) is 0.473. The molecule has 0 heterocycles. The normalized spacial score (nSPS) is 17.1. The molecular formula is C24H21ClN2O2. The first kappa shape index (κ1) is 19.2. The lowest BCUT2D eigenvalue weighted by Crippen LogP contribution is -2.25. The lowest BCUT2D eigenvalue weighted by atomic mass is 9.85. The Balaban J connectivity index is 1.54. The topological polar surface area (TPSA) is 50.7 Å². The third-order valence-corrected chi connectivity index (χ3v) is 5.66. The minimum atomic E-state index is -0.310. The first-order chi connectivity index (χ1) is 14.1. The van der Waals surface area contributed by atoms with Gasteiger partial charge in [0.15, 0.2) is 0 Å². The van der Waals surface area contributed by atoms with Crippen LogP contribution in [-0.2, 0) is 10.2 Å². The highest BCUT2D eigenvalue weighted by molar-refractivity contribution is 6.30. The second kappa shape index (κ2) is 8.10. The molecule has 1 aliphatic carbocycles. The van der Waals surface area contributed by atoms with Crippen LogP contribution in [0.3, 0.4) is 0 Å². The Bertz CT molecular complexity index is 996. The second-order valence-electron chi connectivity index (χ2n) is 7.08. The third-order valence-electron chi connectivity index (χ3n) is 5.43. The number of carbonyl (C=O) groups is 1. The fourth-order valence-corrected chi connectivity index (χ4v) is 4.09. The van der Waals surface area contributed by atoms with Crippen LogP contribution < -0.4 is 10.2 Å². The molecule has 1 aliphatic rings. The lowest BCUT2D eigenvalue weighted by Gasteiger charge is -2.18. The molecule has 0 aromatic heterocycles. The van der Waals surface area contributed by atoms with E-state index in [1.54, 1.807) is 31.5 Å². The van der Waals surface area contributed by atoms with Gasteiger partial charge >= 0.3 is 0 Å². The molecule has 0 saturated heterocycles. The monoisotopic (exact) mass is 404 g/mol. The van der Waals surface area contributed by atoms with Gasteiger partial charge in [-0.05, 0) is 35.7 Å². The summed E-state index contributed by atoms with van der Waals surface area (Å²) in [6.07, 6.45) is 2.31. The molecule has 1 saturated carbocycles. The van der Waals surface area contributed by atoms with Gasteiger partial charge in [-0.1, -0.05) is 72.3 Å². The highest BCUT2D eigenvalue weighted by Crippen LogP contribution is 2.58. The number of hydrogen-bond donors (Lipinski definition) is 1. The molecule has 0 aliphatic heterocycles. The van der Waals surface area contributed by atoms with Crippen LogP contribution in [0.5, 0.6) is 5.75 Å². The van der Waals surface area contributed by atoms with Crippen molar-refractivity contribution in [2.75, 3.05) is 7.11 Å². The van der Waals surface area contributed by atoms with Crippen LogP contribution in [0.25, 0.3) is 0 Å². The molecule has 1 N–H and O–H groups in total. The lowest BCUT2D eigenvalue weighted by molar-refractivity contribution is -0.122. The van der Waals surface area contributed by atoms with Crippen molar-refractivity contribution < 1.29 is 9.53 Å². The number of benzene rings is 3. The summed E-state index contributed by atoms with van der Waals surface area (Å²) in [6, 6.07) is 25.6. The SMILES string of the molecule is COc1ccc(Cl)cc1/C=N/NC(=O)C1CC1(c1ccccc1)c1ccccc1. The smallest absolute Gasteiger partial charge is 0.244 e. The molecule has 29 heavy (non-hydrogen) atoms. The maximum Gasteiger partial charge on any atom is 0.244 e. The molecule has 0 spiro atoms. The predicted molar refractivity (Wildman–Crippen MR) is 116 cm³/mol. The number of nitrogens with zero attached hydrogens (tertiary/aromatic N) is 1. The summed E-state index contributed by atoms with van der Waals surface area (Å²) in [5.41, 5.74) is 5.37. The fraction of sp³-hybridized carbons (Fsp3) is 0.167. The Kier molecular flexibility index (Phi) is 5.36. The maximum atomic E-state index is 12.9. The Morgan fingerprint density at radius 2 is 1.69 bits per heavy atom. The van der Waals surface area contributed by atoms with Crippen molar-refractivity contribution in [2.24, 2.45) is 11.0 Å². The fourth-order valence-electron chi connectivity index (χ4n) is 3.90. The number of methoxy groups -OCH3 is 1. The second-order valence-corrected chi connectivity index (χ2v) is 7.52. The Hall–Kier alpha value is -3.11. The van der Waals surface area contributed by atoms with Crippen molar-refractivity contribution in [3.63, 3.8) is 0 Å². The average Bonchev–Trinajstić information content (AvgIpc) is 3.52. The molecule has 1 unspecified atom stereocenters. The average molecular weight is 405 g/mol. The van der Waals surface area contributed by atoms with E-state index in [9.17, 15) is 4.79 Å². The summed E-state index contributed by atoms with van der Waals surface area (Å²) < 4.78 is 5.30. The summed E-state index contributed by atoms with van der Waals surface area (Å²) in [6.45, 7) is 0. The van der Waals surface area contributed by atoms with Crippen LogP contribution in [-0.4, -0.2) is 19.2 Å². The number of halogens is 1. The Morgan fingerprint density at radius 3 is 2.28 bits per heavy atom. The van der Waals surface area contributed by atoms with Crippen molar-refractivity contribution in [1.82, 2.24) is 5.43 Å². The standard InChI is InChI=1S/C24H21ClN2O2/c1-29-22-13-12-20(25)14-17(22)16-26-27-23(28)21-15-24(21,18-8-4-2-5-9-18)19-10-6-3-7-11-19/h2-14,16,21H,15H2,1H3,(H,27,28)/b26-16+. The van der Waals surface area contributed by atoms with Crippen LogP contribution in [0.1, 0.15) is 23.1 Å². The number of carbonyl (C=O) groups excluding carboxylic acids is 1. The van der Waals surface area contributed by atoms with E-state index < -0.39 is 0 Å². The summed E-state index contributed by atoms with van der Waals surface area (Å²) in [4.78, 5) is 12.9. The van der Waals surface area contributed by atoms with Gasteiger partial charge in [0, 0.05) is 16.0 Å². The number of hydrogen-bond acceptors (Lipinski definition) is 3. The molecule has 3 aromatic carbocycles. The summed E-state index contributed by atoms with van der Waals surface area (Å²) >= 11 is 6.04. The summed E-state index contributed by atoms with van der Waals surface area (Å²) in [7, 11) is 1.58. The number of rotatable bonds is 6. The molecule has 4 rings (SSSR count).